The average Bonchev–Trinajstić information content (AvgIpc) is 3.30. The fourth-order valence-electron chi connectivity index (χ4n) is 3.45. The lowest BCUT2D eigenvalue weighted by Gasteiger charge is -2.14. The highest BCUT2D eigenvalue weighted by Crippen LogP contribution is 2.41. The maximum atomic E-state index is 5.55. The standard InChI is InChI=1S/C26H26N4O3S/c1-31-23-14-21(15-24(32-2)25(23)33-3)22-18-34-26(28-13-11-19-8-5-4-6-9-19)30(22)29-17-20-10-7-12-27-16-20/h4-10,12,14-18H,11,13H2,1-3H3. The molecule has 0 aliphatic rings. The fraction of sp³-hybridized carbons (Fsp3) is 0.192. The third-order valence-corrected chi connectivity index (χ3v) is 6.00. The highest BCUT2D eigenvalue weighted by Gasteiger charge is 2.17. The molecule has 0 bridgehead atoms. The van der Waals surface area contributed by atoms with Crippen LogP contribution in [0.2, 0.25) is 0 Å². The molecule has 2 heterocycles. The van der Waals surface area contributed by atoms with E-state index in [4.69, 9.17) is 24.3 Å². The Hall–Kier alpha value is -3.91. The van der Waals surface area contributed by atoms with Crippen LogP contribution in [0.5, 0.6) is 17.2 Å². The summed E-state index contributed by atoms with van der Waals surface area (Å²) in [4.78, 5) is 9.80. The molecule has 4 aromatic rings. The van der Waals surface area contributed by atoms with E-state index in [1.54, 1.807) is 39.9 Å². The normalized spacial score (nSPS) is 11.7. The van der Waals surface area contributed by atoms with Gasteiger partial charge in [-0.15, -0.1) is 11.3 Å². The van der Waals surface area contributed by atoms with Gasteiger partial charge in [0.1, 0.15) is 0 Å². The smallest absolute Gasteiger partial charge is 0.206 e. The Labute approximate surface area is 202 Å². The first-order chi connectivity index (χ1) is 16.7. The molecule has 0 atom stereocenters. The van der Waals surface area contributed by atoms with E-state index in [0.717, 1.165) is 28.0 Å². The summed E-state index contributed by atoms with van der Waals surface area (Å²) in [5.74, 6) is 1.70. The van der Waals surface area contributed by atoms with Crippen LogP contribution in [0.25, 0.3) is 11.3 Å². The topological polar surface area (TPSA) is 70.2 Å². The highest BCUT2D eigenvalue weighted by molar-refractivity contribution is 7.07. The van der Waals surface area contributed by atoms with Crippen molar-refractivity contribution >= 4 is 17.6 Å². The summed E-state index contributed by atoms with van der Waals surface area (Å²) in [6.45, 7) is 0.654. The van der Waals surface area contributed by atoms with E-state index in [9.17, 15) is 0 Å². The van der Waals surface area contributed by atoms with Crippen molar-refractivity contribution in [3.63, 3.8) is 0 Å². The van der Waals surface area contributed by atoms with E-state index >= 15 is 0 Å². The Kier molecular flexibility index (Phi) is 7.72. The SMILES string of the molecule is COc1cc(-c2csc(=NCCc3ccccc3)n2N=Cc2cccnc2)cc(OC)c1OC. The molecular weight excluding hydrogens is 448 g/mol. The van der Waals surface area contributed by atoms with Crippen LogP contribution in [-0.2, 0) is 6.42 Å². The molecule has 0 unspecified atom stereocenters. The van der Waals surface area contributed by atoms with Crippen molar-refractivity contribution in [1.29, 1.82) is 0 Å². The van der Waals surface area contributed by atoms with E-state index in [2.05, 4.69) is 17.1 Å². The minimum atomic E-state index is 0.544. The Balaban J connectivity index is 1.77. The Bertz CT molecular complexity index is 1290. The van der Waals surface area contributed by atoms with Gasteiger partial charge < -0.3 is 14.2 Å². The molecule has 0 fully saturated rings. The van der Waals surface area contributed by atoms with Gasteiger partial charge in [-0.25, -0.2) is 4.68 Å². The number of aromatic nitrogens is 2. The van der Waals surface area contributed by atoms with Crippen LogP contribution in [0.1, 0.15) is 11.1 Å². The molecule has 0 aliphatic heterocycles. The number of ether oxygens (including phenoxy) is 3. The van der Waals surface area contributed by atoms with Crippen LogP contribution >= 0.6 is 11.3 Å². The third kappa shape index (κ3) is 5.35. The van der Waals surface area contributed by atoms with Crippen LogP contribution in [0.15, 0.2) is 82.5 Å². The molecular formula is C26H26N4O3S. The molecule has 0 N–H and O–H groups in total. The first-order valence-corrected chi connectivity index (χ1v) is 11.6. The van der Waals surface area contributed by atoms with Crippen LogP contribution in [0.4, 0.5) is 0 Å². The van der Waals surface area contributed by atoms with Crippen LogP contribution in [0, 0.1) is 0 Å². The lowest BCUT2D eigenvalue weighted by Crippen LogP contribution is -2.13. The van der Waals surface area contributed by atoms with Gasteiger partial charge in [0.2, 0.25) is 10.6 Å². The maximum absolute atomic E-state index is 5.55. The number of benzene rings is 2. The summed E-state index contributed by atoms with van der Waals surface area (Å²) in [5.41, 5.74) is 3.88. The average molecular weight is 475 g/mol. The van der Waals surface area contributed by atoms with Gasteiger partial charge in [-0.3, -0.25) is 9.98 Å². The minimum Gasteiger partial charge on any atom is -0.493 e. The molecule has 7 nitrogen and oxygen atoms in total. The first-order valence-electron chi connectivity index (χ1n) is 10.7. The molecule has 0 saturated heterocycles. The van der Waals surface area contributed by atoms with E-state index in [1.807, 2.05) is 52.5 Å². The van der Waals surface area contributed by atoms with Crippen LogP contribution < -0.4 is 19.0 Å². The summed E-state index contributed by atoms with van der Waals surface area (Å²) in [6, 6.07) is 18.0. The van der Waals surface area contributed by atoms with Gasteiger partial charge in [-0.05, 0) is 30.2 Å². The number of hydrogen-bond donors (Lipinski definition) is 0. The molecule has 0 spiro atoms. The Morgan fingerprint density at radius 2 is 1.74 bits per heavy atom. The van der Waals surface area contributed by atoms with Crippen molar-refractivity contribution in [2.45, 2.75) is 6.42 Å². The van der Waals surface area contributed by atoms with Crippen LogP contribution in [0.3, 0.4) is 0 Å². The zero-order valence-electron chi connectivity index (χ0n) is 19.3. The van der Waals surface area contributed by atoms with Crippen molar-refractivity contribution in [2.75, 3.05) is 27.9 Å². The molecule has 4 rings (SSSR count). The zero-order chi connectivity index (χ0) is 23.8. The van der Waals surface area contributed by atoms with Gasteiger partial charge in [-0.1, -0.05) is 36.4 Å². The molecule has 0 radical (unpaired) electrons. The van der Waals surface area contributed by atoms with E-state index in [-0.39, 0.29) is 0 Å². The summed E-state index contributed by atoms with van der Waals surface area (Å²) >= 11 is 1.53. The predicted octanol–water partition coefficient (Wildman–Crippen LogP) is 4.66. The maximum Gasteiger partial charge on any atom is 0.206 e. The predicted molar refractivity (Wildman–Crippen MR) is 135 cm³/mol. The van der Waals surface area contributed by atoms with E-state index < -0.39 is 0 Å². The summed E-state index contributed by atoms with van der Waals surface area (Å²) < 4.78 is 18.4. The molecule has 2 aromatic heterocycles. The Morgan fingerprint density at radius 3 is 2.38 bits per heavy atom. The summed E-state index contributed by atoms with van der Waals surface area (Å²) in [6.07, 6.45) is 6.13. The van der Waals surface area contributed by atoms with E-state index in [1.165, 1.54) is 16.9 Å². The number of methoxy groups -OCH3 is 3. The molecule has 34 heavy (non-hydrogen) atoms. The van der Waals surface area contributed by atoms with Crippen molar-refractivity contribution in [3.8, 4) is 28.5 Å². The van der Waals surface area contributed by atoms with Crippen molar-refractivity contribution in [1.82, 2.24) is 9.66 Å². The van der Waals surface area contributed by atoms with Gasteiger partial charge in [-0.2, -0.15) is 5.10 Å². The van der Waals surface area contributed by atoms with Gasteiger partial charge >= 0.3 is 0 Å². The highest BCUT2D eigenvalue weighted by atomic mass is 32.1. The zero-order valence-corrected chi connectivity index (χ0v) is 20.2. The second kappa shape index (κ2) is 11.3. The van der Waals surface area contributed by atoms with Crippen molar-refractivity contribution in [2.24, 2.45) is 10.1 Å². The number of pyridine rings is 1. The molecule has 174 valence electrons. The fourth-order valence-corrected chi connectivity index (χ4v) is 4.31. The molecule has 8 heteroatoms. The van der Waals surface area contributed by atoms with Gasteiger partial charge in [0, 0.05) is 35.4 Å². The van der Waals surface area contributed by atoms with Gasteiger partial charge in [0.15, 0.2) is 11.5 Å². The lowest BCUT2D eigenvalue weighted by atomic mass is 10.1. The lowest BCUT2D eigenvalue weighted by molar-refractivity contribution is 0.324. The van der Waals surface area contributed by atoms with Gasteiger partial charge in [0.25, 0.3) is 0 Å². The summed E-state index contributed by atoms with van der Waals surface area (Å²) in [7, 11) is 4.80. The van der Waals surface area contributed by atoms with Gasteiger partial charge in [0.05, 0.1) is 33.2 Å². The third-order valence-electron chi connectivity index (χ3n) is 5.14. The number of hydrogen-bond acceptors (Lipinski definition) is 7. The minimum absolute atomic E-state index is 0.544. The number of nitrogens with zero attached hydrogens (tertiary/aromatic N) is 4. The molecule has 0 amide bonds. The monoisotopic (exact) mass is 474 g/mol. The molecule has 0 saturated carbocycles. The van der Waals surface area contributed by atoms with E-state index in [0.29, 0.717) is 23.8 Å². The number of rotatable bonds is 9. The first kappa shape index (κ1) is 23.3. The second-order valence-corrected chi connectivity index (χ2v) is 8.11. The Morgan fingerprint density at radius 1 is 0.971 bits per heavy atom. The van der Waals surface area contributed by atoms with Crippen molar-refractivity contribution in [3.05, 3.63) is 88.3 Å². The second-order valence-electron chi connectivity index (χ2n) is 7.28. The molecule has 0 aliphatic carbocycles. The number of thiazole rings is 1. The molecule has 2 aromatic carbocycles. The summed E-state index contributed by atoms with van der Waals surface area (Å²) in [5, 5.41) is 6.78. The van der Waals surface area contributed by atoms with Crippen LogP contribution in [-0.4, -0.2) is 43.7 Å². The largest absolute Gasteiger partial charge is 0.493 e. The van der Waals surface area contributed by atoms with Crippen molar-refractivity contribution < 1.29 is 14.2 Å². The quantitative estimate of drug-likeness (QED) is 0.331.